The molecule has 0 amide bonds. The van der Waals surface area contributed by atoms with E-state index in [1.54, 1.807) is 0 Å². The maximum atomic E-state index is 8.81. The Morgan fingerprint density at radius 2 is 2.15 bits per heavy atom. The molecule has 0 unspecified atom stereocenters. The topological polar surface area (TPSA) is 60.3 Å². The number of rotatable bonds is 7. The Bertz CT molecular complexity index is 471. The van der Waals surface area contributed by atoms with Crippen molar-refractivity contribution < 1.29 is 19.4 Å². The SMILES string of the molecule is CC(C)CCOCCOc1ccc2c(c1)OCC2=NO. The molecule has 0 radical (unpaired) electrons. The lowest BCUT2D eigenvalue weighted by Gasteiger charge is -2.09. The number of fused-ring (bicyclic) bond motifs is 1. The van der Waals surface area contributed by atoms with Gasteiger partial charge in [-0.2, -0.15) is 0 Å². The molecule has 0 spiro atoms. The van der Waals surface area contributed by atoms with Gasteiger partial charge in [0.1, 0.15) is 30.4 Å². The van der Waals surface area contributed by atoms with Gasteiger partial charge in [-0.05, 0) is 24.5 Å². The summed E-state index contributed by atoms with van der Waals surface area (Å²) in [7, 11) is 0. The third-order valence-corrected chi connectivity index (χ3v) is 3.09. The Morgan fingerprint density at radius 1 is 1.30 bits per heavy atom. The minimum absolute atomic E-state index is 0.299. The van der Waals surface area contributed by atoms with Gasteiger partial charge in [-0.15, -0.1) is 0 Å². The zero-order chi connectivity index (χ0) is 14.4. The number of oxime groups is 1. The molecular formula is C15H21NO4. The quantitative estimate of drug-likeness (QED) is 0.473. The van der Waals surface area contributed by atoms with Crippen LogP contribution in [0.2, 0.25) is 0 Å². The van der Waals surface area contributed by atoms with Crippen LogP contribution in [0.1, 0.15) is 25.8 Å². The van der Waals surface area contributed by atoms with Crippen molar-refractivity contribution in [2.45, 2.75) is 20.3 Å². The summed E-state index contributed by atoms with van der Waals surface area (Å²) in [5.74, 6) is 2.08. The van der Waals surface area contributed by atoms with Crippen LogP contribution in [0.5, 0.6) is 11.5 Å². The van der Waals surface area contributed by atoms with Crippen molar-refractivity contribution >= 4 is 5.71 Å². The first-order chi connectivity index (χ1) is 9.70. The van der Waals surface area contributed by atoms with E-state index in [9.17, 15) is 0 Å². The van der Waals surface area contributed by atoms with E-state index in [1.165, 1.54) is 0 Å². The minimum Gasteiger partial charge on any atom is -0.491 e. The third kappa shape index (κ3) is 3.87. The smallest absolute Gasteiger partial charge is 0.134 e. The van der Waals surface area contributed by atoms with Gasteiger partial charge >= 0.3 is 0 Å². The number of hydrogen-bond donors (Lipinski definition) is 1. The lowest BCUT2D eigenvalue weighted by atomic mass is 10.1. The monoisotopic (exact) mass is 279 g/mol. The van der Waals surface area contributed by atoms with Crippen LogP contribution >= 0.6 is 0 Å². The molecule has 1 aliphatic heterocycles. The van der Waals surface area contributed by atoms with Gasteiger partial charge in [-0.3, -0.25) is 0 Å². The van der Waals surface area contributed by atoms with Crippen molar-refractivity contribution in [3.8, 4) is 11.5 Å². The highest BCUT2D eigenvalue weighted by Crippen LogP contribution is 2.29. The summed E-state index contributed by atoms with van der Waals surface area (Å²) >= 11 is 0. The van der Waals surface area contributed by atoms with Crippen LogP contribution in [0.15, 0.2) is 23.4 Å². The number of benzene rings is 1. The first-order valence-electron chi connectivity index (χ1n) is 6.89. The van der Waals surface area contributed by atoms with E-state index in [0.29, 0.717) is 37.2 Å². The summed E-state index contributed by atoms with van der Waals surface area (Å²) in [5.41, 5.74) is 1.36. The van der Waals surface area contributed by atoms with E-state index in [-0.39, 0.29) is 0 Å². The van der Waals surface area contributed by atoms with Crippen molar-refractivity contribution in [1.82, 2.24) is 0 Å². The van der Waals surface area contributed by atoms with Crippen LogP contribution < -0.4 is 9.47 Å². The molecule has 0 bridgehead atoms. The first-order valence-corrected chi connectivity index (χ1v) is 6.89. The maximum absolute atomic E-state index is 8.81. The van der Waals surface area contributed by atoms with Gasteiger partial charge in [0.15, 0.2) is 0 Å². The predicted octanol–water partition coefficient (Wildman–Crippen LogP) is 2.70. The van der Waals surface area contributed by atoms with Gasteiger partial charge in [-0.25, -0.2) is 0 Å². The average Bonchev–Trinajstić information content (AvgIpc) is 2.84. The lowest BCUT2D eigenvalue weighted by Crippen LogP contribution is -2.08. The molecule has 0 aromatic heterocycles. The second kappa shape index (κ2) is 7.14. The molecule has 2 rings (SSSR count). The molecule has 0 saturated heterocycles. The van der Waals surface area contributed by atoms with Crippen molar-refractivity contribution in [3.63, 3.8) is 0 Å². The van der Waals surface area contributed by atoms with Gasteiger partial charge in [0.05, 0.1) is 6.61 Å². The molecule has 1 N–H and O–H groups in total. The molecule has 110 valence electrons. The second-order valence-electron chi connectivity index (χ2n) is 5.14. The maximum Gasteiger partial charge on any atom is 0.134 e. The highest BCUT2D eigenvalue weighted by Gasteiger charge is 2.20. The van der Waals surface area contributed by atoms with E-state index in [4.69, 9.17) is 19.4 Å². The fraction of sp³-hybridized carbons (Fsp3) is 0.533. The molecule has 5 heteroatoms. The van der Waals surface area contributed by atoms with Gasteiger partial charge in [-0.1, -0.05) is 19.0 Å². The molecule has 0 fully saturated rings. The molecule has 5 nitrogen and oxygen atoms in total. The van der Waals surface area contributed by atoms with E-state index < -0.39 is 0 Å². The predicted molar refractivity (Wildman–Crippen MR) is 76.0 cm³/mol. The summed E-state index contributed by atoms with van der Waals surface area (Å²) < 4.78 is 16.5. The molecular weight excluding hydrogens is 258 g/mol. The summed E-state index contributed by atoms with van der Waals surface area (Å²) in [6, 6.07) is 5.49. The van der Waals surface area contributed by atoms with Gasteiger partial charge in [0, 0.05) is 18.2 Å². The standard InChI is InChI=1S/C15H21NO4/c1-11(2)5-6-18-7-8-19-12-3-4-13-14(16-17)10-20-15(13)9-12/h3-4,9,11,17H,5-8,10H2,1-2H3. The van der Waals surface area contributed by atoms with Crippen LogP contribution in [0.4, 0.5) is 0 Å². The van der Waals surface area contributed by atoms with Crippen LogP contribution in [0.25, 0.3) is 0 Å². The molecule has 0 saturated carbocycles. The second-order valence-corrected chi connectivity index (χ2v) is 5.14. The van der Waals surface area contributed by atoms with Crippen LogP contribution in [-0.4, -0.2) is 37.3 Å². The zero-order valence-electron chi connectivity index (χ0n) is 12.0. The average molecular weight is 279 g/mol. The van der Waals surface area contributed by atoms with Crippen LogP contribution in [0, 0.1) is 5.92 Å². The third-order valence-electron chi connectivity index (χ3n) is 3.09. The highest BCUT2D eigenvalue weighted by atomic mass is 16.5. The lowest BCUT2D eigenvalue weighted by molar-refractivity contribution is 0.0925. The molecule has 0 atom stereocenters. The van der Waals surface area contributed by atoms with Crippen LogP contribution in [-0.2, 0) is 4.74 Å². The van der Waals surface area contributed by atoms with Gasteiger partial charge in [0.2, 0.25) is 0 Å². The fourth-order valence-electron chi connectivity index (χ4n) is 1.90. The van der Waals surface area contributed by atoms with Gasteiger partial charge < -0.3 is 19.4 Å². The summed E-state index contributed by atoms with van der Waals surface area (Å²) in [4.78, 5) is 0. The Kier molecular flexibility index (Phi) is 5.24. The minimum atomic E-state index is 0.299. The number of hydrogen-bond acceptors (Lipinski definition) is 5. The van der Waals surface area contributed by atoms with E-state index in [1.807, 2.05) is 18.2 Å². The van der Waals surface area contributed by atoms with E-state index >= 15 is 0 Å². The largest absolute Gasteiger partial charge is 0.491 e. The molecule has 1 aliphatic rings. The Balaban J connectivity index is 1.75. The molecule has 1 aromatic rings. The fourth-order valence-corrected chi connectivity index (χ4v) is 1.90. The molecule has 1 heterocycles. The Labute approximate surface area is 119 Å². The van der Waals surface area contributed by atoms with Crippen molar-refractivity contribution in [2.24, 2.45) is 11.1 Å². The Hall–Kier alpha value is -1.75. The summed E-state index contributed by atoms with van der Waals surface area (Å²) in [6.45, 7) is 6.51. The number of nitrogens with zero attached hydrogens (tertiary/aromatic N) is 1. The Morgan fingerprint density at radius 3 is 2.90 bits per heavy atom. The van der Waals surface area contributed by atoms with E-state index in [2.05, 4.69) is 19.0 Å². The van der Waals surface area contributed by atoms with E-state index in [0.717, 1.165) is 24.3 Å². The highest BCUT2D eigenvalue weighted by molar-refractivity contribution is 6.05. The van der Waals surface area contributed by atoms with Crippen molar-refractivity contribution in [1.29, 1.82) is 0 Å². The normalized spacial score (nSPS) is 15.4. The molecule has 1 aromatic carbocycles. The molecule has 20 heavy (non-hydrogen) atoms. The van der Waals surface area contributed by atoms with Crippen molar-refractivity contribution in [3.05, 3.63) is 23.8 Å². The van der Waals surface area contributed by atoms with Gasteiger partial charge in [0.25, 0.3) is 0 Å². The summed E-state index contributed by atoms with van der Waals surface area (Å²) in [5, 5.41) is 12.0. The molecule has 0 aliphatic carbocycles. The first kappa shape index (κ1) is 14.7. The zero-order valence-corrected chi connectivity index (χ0v) is 12.0. The number of ether oxygens (including phenoxy) is 3. The summed E-state index contributed by atoms with van der Waals surface area (Å²) in [6.07, 6.45) is 1.07. The van der Waals surface area contributed by atoms with Crippen molar-refractivity contribution in [2.75, 3.05) is 26.4 Å². The van der Waals surface area contributed by atoms with Crippen LogP contribution in [0.3, 0.4) is 0 Å².